The number of nitrogens with zero attached hydrogens (tertiary/aromatic N) is 1. The molecule has 0 fully saturated rings. The molecule has 0 bridgehead atoms. The van der Waals surface area contributed by atoms with Crippen LogP contribution in [0.3, 0.4) is 0 Å². The van der Waals surface area contributed by atoms with E-state index in [1.165, 1.54) is 28.6 Å². The first-order chi connectivity index (χ1) is 15.4. The third kappa shape index (κ3) is 5.22. The van der Waals surface area contributed by atoms with Gasteiger partial charge in [-0.15, -0.1) is 0 Å². The van der Waals surface area contributed by atoms with Crippen molar-refractivity contribution in [3.63, 3.8) is 0 Å². The Kier molecular flexibility index (Phi) is 7.40. The lowest BCUT2D eigenvalue weighted by Gasteiger charge is -2.18. The predicted octanol–water partition coefficient (Wildman–Crippen LogP) is 4.22. The van der Waals surface area contributed by atoms with E-state index in [1.807, 2.05) is 18.2 Å². The van der Waals surface area contributed by atoms with Crippen LogP contribution in [0.2, 0.25) is 0 Å². The minimum atomic E-state index is -3.70. The quantitative estimate of drug-likeness (QED) is 0.536. The molecule has 2 amide bonds. The van der Waals surface area contributed by atoms with Crippen LogP contribution in [0, 0.1) is 0 Å². The molecular weight excluding hydrogens is 426 g/mol. The predicted molar refractivity (Wildman–Crippen MR) is 125 cm³/mol. The van der Waals surface area contributed by atoms with Gasteiger partial charge in [0.15, 0.2) is 0 Å². The zero-order valence-corrected chi connectivity index (χ0v) is 18.7. The van der Waals surface area contributed by atoms with Gasteiger partial charge in [-0.2, -0.15) is 4.31 Å². The van der Waals surface area contributed by atoms with Gasteiger partial charge in [0.25, 0.3) is 11.8 Å². The number of sulfonamides is 1. The molecular formula is C24H25N3O4S. The monoisotopic (exact) mass is 451 g/mol. The van der Waals surface area contributed by atoms with Gasteiger partial charge < -0.3 is 10.6 Å². The fourth-order valence-electron chi connectivity index (χ4n) is 3.21. The Labute approximate surface area is 188 Å². The SMILES string of the molecule is CCN(CC)S(=O)(=O)c1cccc(C(=O)Nc2ccccc2C(=O)Nc2ccccc2)c1. The molecule has 2 N–H and O–H groups in total. The van der Waals surface area contributed by atoms with Crippen LogP contribution in [-0.4, -0.2) is 37.6 Å². The third-order valence-electron chi connectivity index (χ3n) is 4.89. The second kappa shape index (κ2) is 10.2. The fraction of sp³-hybridized carbons (Fsp3) is 0.167. The summed E-state index contributed by atoms with van der Waals surface area (Å²) in [5, 5.41) is 5.51. The van der Waals surface area contributed by atoms with Crippen LogP contribution in [0.15, 0.2) is 83.8 Å². The van der Waals surface area contributed by atoms with Gasteiger partial charge in [-0.25, -0.2) is 8.42 Å². The van der Waals surface area contributed by atoms with Gasteiger partial charge in [-0.05, 0) is 42.5 Å². The lowest BCUT2D eigenvalue weighted by atomic mass is 10.1. The molecule has 7 nitrogen and oxygen atoms in total. The molecule has 3 rings (SSSR count). The van der Waals surface area contributed by atoms with Crippen molar-refractivity contribution in [1.82, 2.24) is 4.31 Å². The molecule has 8 heteroatoms. The zero-order chi connectivity index (χ0) is 23.1. The Bertz CT molecular complexity index is 1210. The van der Waals surface area contributed by atoms with Crippen molar-refractivity contribution in [2.45, 2.75) is 18.7 Å². The van der Waals surface area contributed by atoms with Crippen LogP contribution in [-0.2, 0) is 10.0 Å². The Morgan fingerprint density at radius 2 is 1.44 bits per heavy atom. The maximum absolute atomic E-state index is 12.9. The molecule has 0 saturated heterocycles. The minimum absolute atomic E-state index is 0.0453. The van der Waals surface area contributed by atoms with Crippen LogP contribution in [0.1, 0.15) is 34.6 Å². The molecule has 0 aliphatic carbocycles. The summed E-state index contributed by atoms with van der Waals surface area (Å²) in [6.07, 6.45) is 0. The van der Waals surface area contributed by atoms with Crippen molar-refractivity contribution in [3.05, 3.63) is 90.0 Å². The van der Waals surface area contributed by atoms with Crippen molar-refractivity contribution < 1.29 is 18.0 Å². The molecule has 0 aliphatic rings. The first kappa shape index (κ1) is 23.2. The Balaban J connectivity index is 1.84. The molecule has 0 spiro atoms. The summed E-state index contributed by atoms with van der Waals surface area (Å²) >= 11 is 0. The number of carbonyl (C=O) groups excluding carboxylic acids is 2. The number of benzene rings is 3. The molecule has 166 valence electrons. The number of hydrogen-bond donors (Lipinski definition) is 2. The number of hydrogen-bond acceptors (Lipinski definition) is 4. The summed E-state index contributed by atoms with van der Waals surface area (Å²) < 4.78 is 26.9. The van der Waals surface area contributed by atoms with Crippen molar-refractivity contribution in [2.24, 2.45) is 0 Å². The molecule has 0 heterocycles. The van der Waals surface area contributed by atoms with Crippen LogP contribution in [0.4, 0.5) is 11.4 Å². The van der Waals surface area contributed by atoms with Crippen LogP contribution < -0.4 is 10.6 Å². The lowest BCUT2D eigenvalue weighted by molar-refractivity contribution is 0.102. The van der Waals surface area contributed by atoms with E-state index in [0.29, 0.717) is 24.5 Å². The highest BCUT2D eigenvalue weighted by atomic mass is 32.2. The normalized spacial score (nSPS) is 11.2. The first-order valence-corrected chi connectivity index (χ1v) is 11.7. The molecule has 0 radical (unpaired) electrons. The highest BCUT2D eigenvalue weighted by molar-refractivity contribution is 7.89. The highest BCUT2D eigenvalue weighted by Gasteiger charge is 2.23. The third-order valence-corrected chi connectivity index (χ3v) is 6.94. The van der Waals surface area contributed by atoms with Gasteiger partial charge in [0.1, 0.15) is 0 Å². The minimum Gasteiger partial charge on any atom is -0.322 e. The number of rotatable bonds is 8. The summed E-state index contributed by atoms with van der Waals surface area (Å²) in [5.41, 5.74) is 1.42. The Morgan fingerprint density at radius 3 is 2.12 bits per heavy atom. The fourth-order valence-corrected chi connectivity index (χ4v) is 4.72. The average Bonchev–Trinajstić information content (AvgIpc) is 2.80. The summed E-state index contributed by atoms with van der Waals surface area (Å²) in [6, 6.07) is 21.5. The molecule has 0 atom stereocenters. The molecule has 3 aromatic rings. The van der Waals surface area contributed by atoms with Gasteiger partial charge in [-0.1, -0.05) is 50.2 Å². The van der Waals surface area contributed by atoms with Crippen molar-refractivity contribution in [1.29, 1.82) is 0 Å². The zero-order valence-electron chi connectivity index (χ0n) is 17.9. The molecule has 0 aromatic heterocycles. The van der Waals surface area contributed by atoms with E-state index in [4.69, 9.17) is 0 Å². The molecule has 0 unspecified atom stereocenters. The van der Waals surface area contributed by atoms with E-state index in [2.05, 4.69) is 10.6 Å². The maximum Gasteiger partial charge on any atom is 0.257 e. The van der Waals surface area contributed by atoms with Crippen LogP contribution in [0.5, 0.6) is 0 Å². The molecule has 3 aromatic carbocycles. The van der Waals surface area contributed by atoms with E-state index in [1.54, 1.807) is 50.2 Å². The van der Waals surface area contributed by atoms with Gasteiger partial charge in [-0.3, -0.25) is 9.59 Å². The van der Waals surface area contributed by atoms with E-state index < -0.39 is 15.9 Å². The highest BCUT2D eigenvalue weighted by Crippen LogP contribution is 2.21. The standard InChI is InChI=1S/C24H25N3O4S/c1-3-27(4-2)32(30,31)20-14-10-11-18(17-20)23(28)26-22-16-9-8-15-21(22)24(29)25-19-12-6-5-7-13-19/h5-17H,3-4H2,1-2H3,(H,25,29)(H,26,28). The molecule has 0 aliphatic heterocycles. The van der Waals surface area contributed by atoms with E-state index in [9.17, 15) is 18.0 Å². The van der Waals surface area contributed by atoms with E-state index >= 15 is 0 Å². The number of carbonyl (C=O) groups is 2. The lowest BCUT2D eigenvalue weighted by Crippen LogP contribution is -2.30. The van der Waals surface area contributed by atoms with Gasteiger partial charge in [0.2, 0.25) is 10.0 Å². The van der Waals surface area contributed by atoms with Gasteiger partial charge in [0.05, 0.1) is 16.1 Å². The summed E-state index contributed by atoms with van der Waals surface area (Å²) in [4.78, 5) is 25.7. The second-order valence-electron chi connectivity index (χ2n) is 6.94. The van der Waals surface area contributed by atoms with Crippen LogP contribution in [0.25, 0.3) is 0 Å². The van der Waals surface area contributed by atoms with Crippen LogP contribution >= 0.6 is 0 Å². The number of anilines is 2. The topological polar surface area (TPSA) is 95.6 Å². The maximum atomic E-state index is 12.9. The Hall–Kier alpha value is -3.49. The summed E-state index contributed by atoms with van der Waals surface area (Å²) in [6.45, 7) is 4.18. The number of amides is 2. The van der Waals surface area contributed by atoms with Crippen molar-refractivity contribution in [2.75, 3.05) is 23.7 Å². The second-order valence-corrected chi connectivity index (χ2v) is 8.87. The van der Waals surface area contributed by atoms with Crippen molar-refractivity contribution in [3.8, 4) is 0 Å². The van der Waals surface area contributed by atoms with Gasteiger partial charge >= 0.3 is 0 Å². The summed E-state index contributed by atoms with van der Waals surface area (Å²) in [7, 11) is -3.70. The molecule has 0 saturated carbocycles. The van der Waals surface area contributed by atoms with Gasteiger partial charge in [0, 0.05) is 24.3 Å². The number of nitrogens with one attached hydrogen (secondary N) is 2. The summed E-state index contributed by atoms with van der Waals surface area (Å²) in [5.74, 6) is -0.883. The average molecular weight is 452 g/mol. The van der Waals surface area contributed by atoms with E-state index in [-0.39, 0.29) is 21.9 Å². The van der Waals surface area contributed by atoms with Crippen molar-refractivity contribution >= 4 is 33.2 Å². The Morgan fingerprint density at radius 1 is 0.781 bits per heavy atom. The first-order valence-electron chi connectivity index (χ1n) is 10.2. The number of para-hydroxylation sites is 2. The molecule has 32 heavy (non-hydrogen) atoms. The smallest absolute Gasteiger partial charge is 0.257 e. The largest absolute Gasteiger partial charge is 0.322 e. The van der Waals surface area contributed by atoms with E-state index in [0.717, 1.165) is 0 Å².